The molecular formula is C23H31IN6. The van der Waals surface area contributed by atoms with Gasteiger partial charge in [-0.2, -0.15) is 5.10 Å². The monoisotopic (exact) mass is 518 g/mol. The number of hydrogen-bond acceptors (Lipinski definition) is 3. The second kappa shape index (κ2) is 11.1. The van der Waals surface area contributed by atoms with Crippen LogP contribution >= 0.6 is 24.0 Å². The van der Waals surface area contributed by atoms with E-state index in [1.54, 1.807) is 24.1 Å². The number of nitrogens with one attached hydrogen (secondary N) is 2. The SMILES string of the molecule is CN=C(NCCc1ccc(C(C)(C)C)cc1)NCc1ccnc(-n2cccn2)c1.I. The van der Waals surface area contributed by atoms with Crippen LogP contribution in [0.5, 0.6) is 0 Å². The molecule has 0 aliphatic heterocycles. The van der Waals surface area contributed by atoms with E-state index >= 15 is 0 Å². The maximum Gasteiger partial charge on any atom is 0.191 e. The van der Waals surface area contributed by atoms with Crippen LogP contribution in [0.25, 0.3) is 5.82 Å². The molecule has 0 saturated heterocycles. The van der Waals surface area contributed by atoms with Gasteiger partial charge in [-0.25, -0.2) is 9.67 Å². The summed E-state index contributed by atoms with van der Waals surface area (Å²) in [5.74, 6) is 1.59. The molecule has 0 amide bonds. The Morgan fingerprint density at radius 3 is 2.43 bits per heavy atom. The number of halogens is 1. The molecule has 0 spiro atoms. The number of aliphatic imine (C=N–C) groups is 1. The van der Waals surface area contributed by atoms with E-state index in [1.807, 2.05) is 24.4 Å². The van der Waals surface area contributed by atoms with Crippen molar-refractivity contribution < 1.29 is 0 Å². The fourth-order valence-electron chi connectivity index (χ4n) is 3.00. The minimum absolute atomic E-state index is 0. The third-order valence-electron chi connectivity index (χ3n) is 4.76. The van der Waals surface area contributed by atoms with Crippen molar-refractivity contribution in [1.29, 1.82) is 0 Å². The van der Waals surface area contributed by atoms with Crippen LogP contribution in [0.4, 0.5) is 0 Å². The molecule has 2 aromatic heterocycles. The first-order valence-electron chi connectivity index (χ1n) is 9.94. The predicted molar refractivity (Wildman–Crippen MR) is 134 cm³/mol. The molecule has 160 valence electrons. The van der Waals surface area contributed by atoms with Gasteiger partial charge in [-0.1, -0.05) is 45.0 Å². The molecular weight excluding hydrogens is 487 g/mol. The molecule has 30 heavy (non-hydrogen) atoms. The smallest absolute Gasteiger partial charge is 0.191 e. The highest BCUT2D eigenvalue weighted by Crippen LogP contribution is 2.22. The maximum absolute atomic E-state index is 4.36. The zero-order valence-electron chi connectivity index (χ0n) is 18.1. The van der Waals surface area contributed by atoms with Crippen molar-refractivity contribution in [2.45, 2.75) is 39.2 Å². The molecule has 0 radical (unpaired) electrons. The lowest BCUT2D eigenvalue weighted by Crippen LogP contribution is -2.37. The first kappa shape index (κ1) is 23.9. The molecule has 0 saturated carbocycles. The van der Waals surface area contributed by atoms with Gasteiger partial charge in [-0.15, -0.1) is 24.0 Å². The summed E-state index contributed by atoms with van der Waals surface area (Å²) in [6.07, 6.45) is 6.37. The van der Waals surface area contributed by atoms with E-state index in [-0.39, 0.29) is 29.4 Å². The number of nitrogens with zero attached hydrogens (tertiary/aromatic N) is 4. The number of rotatable bonds is 6. The Kier molecular flexibility index (Phi) is 8.83. The van der Waals surface area contributed by atoms with Crippen LogP contribution < -0.4 is 10.6 Å². The van der Waals surface area contributed by atoms with E-state index in [0.717, 1.165) is 30.3 Å². The number of hydrogen-bond donors (Lipinski definition) is 2. The van der Waals surface area contributed by atoms with Gasteiger partial charge in [-0.05, 0) is 46.7 Å². The first-order valence-corrected chi connectivity index (χ1v) is 9.94. The Labute approximate surface area is 196 Å². The van der Waals surface area contributed by atoms with Gasteiger partial charge in [0.05, 0.1) is 0 Å². The van der Waals surface area contributed by atoms with E-state index in [9.17, 15) is 0 Å². The van der Waals surface area contributed by atoms with Crippen molar-refractivity contribution in [3.05, 3.63) is 77.7 Å². The van der Waals surface area contributed by atoms with Crippen molar-refractivity contribution >= 4 is 29.9 Å². The zero-order valence-corrected chi connectivity index (χ0v) is 20.4. The molecule has 6 nitrogen and oxygen atoms in total. The summed E-state index contributed by atoms with van der Waals surface area (Å²) in [5.41, 5.74) is 3.98. The van der Waals surface area contributed by atoms with Crippen molar-refractivity contribution in [3.63, 3.8) is 0 Å². The highest BCUT2D eigenvalue weighted by atomic mass is 127. The summed E-state index contributed by atoms with van der Waals surface area (Å²) in [6.45, 7) is 8.19. The summed E-state index contributed by atoms with van der Waals surface area (Å²) in [4.78, 5) is 8.67. The average Bonchev–Trinajstić information content (AvgIpc) is 3.25. The molecule has 0 fully saturated rings. The van der Waals surface area contributed by atoms with Gasteiger partial charge >= 0.3 is 0 Å². The fraction of sp³-hybridized carbons (Fsp3) is 0.348. The quantitative estimate of drug-likeness (QED) is 0.293. The minimum atomic E-state index is 0. The van der Waals surface area contributed by atoms with E-state index in [1.165, 1.54) is 11.1 Å². The lowest BCUT2D eigenvalue weighted by Gasteiger charge is -2.19. The second-order valence-electron chi connectivity index (χ2n) is 8.02. The molecule has 2 heterocycles. The van der Waals surface area contributed by atoms with E-state index in [2.05, 4.69) is 70.7 Å². The summed E-state index contributed by atoms with van der Waals surface area (Å²) < 4.78 is 1.75. The van der Waals surface area contributed by atoms with Crippen molar-refractivity contribution in [2.24, 2.45) is 4.99 Å². The molecule has 0 aliphatic carbocycles. The number of aromatic nitrogens is 3. The van der Waals surface area contributed by atoms with Crippen molar-refractivity contribution in [2.75, 3.05) is 13.6 Å². The molecule has 0 aliphatic rings. The Bertz CT molecular complexity index is 927. The standard InChI is InChI=1S/C23H30N6.HI/c1-23(2,3)20-8-6-18(7-9-20)10-14-26-22(24-4)27-17-19-11-13-25-21(16-19)29-15-5-12-28-29;/h5-9,11-13,15-16H,10,14,17H2,1-4H3,(H2,24,26,27);1H. The molecule has 1 aromatic carbocycles. The van der Waals surface area contributed by atoms with Gasteiger partial charge < -0.3 is 10.6 Å². The lowest BCUT2D eigenvalue weighted by atomic mass is 9.86. The Hall–Kier alpha value is -2.42. The van der Waals surface area contributed by atoms with Gasteiger partial charge in [0.1, 0.15) is 0 Å². The van der Waals surface area contributed by atoms with Crippen LogP contribution in [0.2, 0.25) is 0 Å². The summed E-state index contributed by atoms with van der Waals surface area (Å²) in [6, 6.07) is 14.8. The number of benzene rings is 1. The third kappa shape index (κ3) is 6.83. The zero-order chi connectivity index (χ0) is 20.7. The largest absolute Gasteiger partial charge is 0.356 e. The molecule has 3 rings (SSSR count). The molecule has 3 aromatic rings. The minimum Gasteiger partial charge on any atom is -0.356 e. The topological polar surface area (TPSA) is 67.1 Å². The molecule has 0 bridgehead atoms. The number of guanidine groups is 1. The first-order chi connectivity index (χ1) is 14.0. The van der Waals surface area contributed by atoms with Crippen LogP contribution in [-0.2, 0) is 18.4 Å². The second-order valence-corrected chi connectivity index (χ2v) is 8.02. The van der Waals surface area contributed by atoms with Crippen LogP contribution in [0.3, 0.4) is 0 Å². The van der Waals surface area contributed by atoms with Crippen LogP contribution in [0.1, 0.15) is 37.5 Å². The Morgan fingerprint density at radius 1 is 1.03 bits per heavy atom. The highest BCUT2D eigenvalue weighted by Gasteiger charge is 2.12. The van der Waals surface area contributed by atoms with Gasteiger partial charge in [0, 0.05) is 38.7 Å². The summed E-state index contributed by atoms with van der Waals surface area (Å²) in [7, 11) is 1.79. The van der Waals surface area contributed by atoms with Gasteiger partial charge in [0.2, 0.25) is 0 Å². The van der Waals surface area contributed by atoms with Gasteiger partial charge in [-0.3, -0.25) is 4.99 Å². The van der Waals surface area contributed by atoms with Crippen molar-refractivity contribution in [1.82, 2.24) is 25.4 Å². The van der Waals surface area contributed by atoms with Crippen molar-refractivity contribution in [3.8, 4) is 5.82 Å². The average molecular weight is 518 g/mol. The molecule has 7 heteroatoms. The Balaban J connectivity index is 0.00000320. The highest BCUT2D eigenvalue weighted by molar-refractivity contribution is 14.0. The van der Waals surface area contributed by atoms with E-state index < -0.39 is 0 Å². The third-order valence-corrected chi connectivity index (χ3v) is 4.76. The normalized spacial score (nSPS) is 11.7. The molecule has 0 atom stereocenters. The van der Waals surface area contributed by atoms with Crippen LogP contribution in [-0.4, -0.2) is 34.3 Å². The molecule has 2 N–H and O–H groups in total. The maximum atomic E-state index is 4.36. The Morgan fingerprint density at radius 2 is 1.80 bits per heavy atom. The molecule has 0 unspecified atom stereocenters. The van der Waals surface area contributed by atoms with Gasteiger partial charge in [0.15, 0.2) is 11.8 Å². The fourth-order valence-corrected chi connectivity index (χ4v) is 3.00. The summed E-state index contributed by atoms with van der Waals surface area (Å²) in [5, 5.41) is 11.0. The van der Waals surface area contributed by atoms with Crippen LogP contribution in [0.15, 0.2) is 66.0 Å². The number of pyridine rings is 1. The lowest BCUT2D eigenvalue weighted by molar-refractivity contribution is 0.590. The van der Waals surface area contributed by atoms with Gasteiger partial charge in [0.25, 0.3) is 0 Å². The predicted octanol–water partition coefficient (Wildman–Crippen LogP) is 4.09. The summed E-state index contributed by atoms with van der Waals surface area (Å²) >= 11 is 0. The van der Waals surface area contributed by atoms with E-state index in [0.29, 0.717) is 6.54 Å². The van der Waals surface area contributed by atoms with E-state index in [4.69, 9.17) is 0 Å². The van der Waals surface area contributed by atoms with Crippen LogP contribution in [0, 0.1) is 0 Å².